The van der Waals surface area contributed by atoms with Crippen LogP contribution >= 0.6 is 0 Å². The van der Waals surface area contributed by atoms with Crippen molar-refractivity contribution in [2.24, 2.45) is 0 Å². The maximum Gasteiger partial charge on any atom is 0.269 e. The highest BCUT2D eigenvalue weighted by Crippen LogP contribution is 2.18. The van der Waals surface area contributed by atoms with Gasteiger partial charge in [-0.2, -0.15) is 5.10 Å². The molecule has 0 bridgehead atoms. The van der Waals surface area contributed by atoms with Crippen LogP contribution in [0.1, 0.15) is 5.56 Å². The molecule has 0 saturated carbocycles. The summed E-state index contributed by atoms with van der Waals surface area (Å²) < 4.78 is 0. The Balaban J connectivity index is 1.75. The van der Waals surface area contributed by atoms with E-state index in [2.05, 4.69) is 15.5 Å². The maximum atomic E-state index is 10.7. The molecule has 6 nitrogen and oxygen atoms in total. The molecule has 1 heterocycles. The average Bonchev–Trinajstić information content (AvgIpc) is 2.93. The normalized spacial score (nSPS) is 10.6. The number of rotatable bonds is 4. The van der Waals surface area contributed by atoms with E-state index in [0.29, 0.717) is 6.54 Å². The number of hydrogen-bond donors (Lipinski definition) is 2. The fourth-order valence-electron chi connectivity index (χ4n) is 2.03. The van der Waals surface area contributed by atoms with Gasteiger partial charge in [-0.05, 0) is 23.8 Å². The Morgan fingerprint density at radius 3 is 3.00 bits per heavy atom. The topological polar surface area (TPSA) is 83.8 Å². The predicted octanol–water partition coefficient (Wildman–Crippen LogP) is 3.08. The molecule has 0 radical (unpaired) electrons. The van der Waals surface area contributed by atoms with E-state index in [1.54, 1.807) is 18.3 Å². The molecule has 0 aliphatic rings. The van der Waals surface area contributed by atoms with Gasteiger partial charge in [-0.1, -0.05) is 12.1 Å². The molecule has 3 aromatic rings. The quantitative estimate of drug-likeness (QED) is 0.562. The number of H-pyrrole nitrogens is 1. The van der Waals surface area contributed by atoms with Crippen LogP contribution in [0.2, 0.25) is 0 Å². The third-order valence-corrected chi connectivity index (χ3v) is 3.06. The first-order valence-electron chi connectivity index (χ1n) is 6.13. The number of fused-ring (bicyclic) bond motifs is 1. The number of aromatic nitrogens is 2. The first kappa shape index (κ1) is 12.2. The van der Waals surface area contributed by atoms with E-state index < -0.39 is 0 Å². The zero-order chi connectivity index (χ0) is 13.9. The highest BCUT2D eigenvalue weighted by molar-refractivity contribution is 5.81. The zero-order valence-corrected chi connectivity index (χ0v) is 10.5. The summed E-state index contributed by atoms with van der Waals surface area (Å²) in [4.78, 5) is 10.3. The number of anilines is 1. The average molecular weight is 268 g/mol. The van der Waals surface area contributed by atoms with Gasteiger partial charge in [0.15, 0.2) is 0 Å². The van der Waals surface area contributed by atoms with Crippen molar-refractivity contribution < 1.29 is 4.92 Å². The van der Waals surface area contributed by atoms with Gasteiger partial charge in [-0.15, -0.1) is 0 Å². The molecule has 0 atom stereocenters. The van der Waals surface area contributed by atoms with Gasteiger partial charge in [-0.25, -0.2) is 0 Å². The number of hydrogen-bond acceptors (Lipinski definition) is 4. The van der Waals surface area contributed by atoms with Crippen LogP contribution in [0.15, 0.2) is 48.7 Å². The lowest BCUT2D eigenvalue weighted by Crippen LogP contribution is -2.00. The number of nitrogens with one attached hydrogen (secondary N) is 2. The fraction of sp³-hybridized carbons (Fsp3) is 0.0714. The molecule has 2 aromatic carbocycles. The summed E-state index contributed by atoms with van der Waals surface area (Å²) in [6.45, 7) is 0.529. The first-order chi connectivity index (χ1) is 9.72. The summed E-state index contributed by atoms with van der Waals surface area (Å²) in [5.74, 6) is 0. The van der Waals surface area contributed by atoms with Gasteiger partial charge in [-0.3, -0.25) is 15.2 Å². The van der Waals surface area contributed by atoms with Crippen molar-refractivity contribution in [1.29, 1.82) is 0 Å². The van der Waals surface area contributed by atoms with Gasteiger partial charge >= 0.3 is 0 Å². The monoisotopic (exact) mass is 268 g/mol. The molecule has 0 aliphatic heterocycles. The van der Waals surface area contributed by atoms with E-state index in [9.17, 15) is 10.1 Å². The van der Waals surface area contributed by atoms with Crippen LogP contribution in [-0.2, 0) is 6.54 Å². The van der Waals surface area contributed by atoms with Crippen molar-refractivity contribution in [3.8, 4) is 0 Å². The Morgan fingerprint density at radius 1 is 1.25 bits per heavy atom. The molecular weight excluding hydrogens is 256 g/mol. The molecule has 0 aliphatic carbocycles. The van der Waals surface area contributed by atoms with Gasteiger partial charge in [0.25, 0.3) is 5.69 Å². The molecule has 6 heteroatoms. The van der Waals surface area contributed by atoms with E-state index >= 15 is 0 Å². The summed E-state index contributed by atoms with van der Waals surface area (Å²) in [5.41, 5.74) is 2.86. The third kappa shape index (κ3) is 2.44. The molecule has 20 heavy (non-hydrogen) atoms. The van der Waals surface area contributed by atoms with Gasteiger partial charge in [0, 0.05) is 29.8 Å². The van der Waals surface area contributed by atoms with Gasteiger partial charge < -0.3 is 5.32 Å². The van der Waals surface area contributed by atoms with Crippen molar-refractivity contribution in [2.75, 3.05) is 5.32 Å². The van der Waals surface area contributed by atoms with Crippen molar-refractivity contribution in [1.82, 2.24) is 10.2 Å². The molecule has 0 fully saturated rings. The molecule has 0 amide bonds. The second-order valence-corrected chi connectivity index (χ2v) is 4.45. The van der Waals surface area contributed by atoms with Crippen LogP contribution in [0.4, 0.5) is 11.4 Å². The molecule has 1 aromatic heterocycles. The minimum Gasteiger partial charge on any atom is -0.381 e. The minimum atomic E-state index is -0.389. The number of non-ortho nitro benzene ring substituents is 1. The molecule has 2 N–H and O–H groups in total. The van der Waals surface area contributed by atoms with Gasteiger partial charge in [0.05, 0.1) is 16.6 Å². The molecular formula is C14H12N4O2. The van der Waals surface area contributed by atoms with E-state index in [1.165, 1.54) is 6.07 Å². The van der Waals surface area contributed by atoms with E-state index in [1.807, 2.05) is 24.3 Å². The summed E-state index contributed by atoms with van der Waals surface area (Å²) in [5, 5.41) is 21.9. The molecule has 100 valence electrons. The Kier molecular flexibility index (Phi) is 3.04. The Labute approximate surface area is 114 Å². The minimum absolute atomic E-state index is 0.105. The maximum absolute atomic E-state index is 10.7. The highest BCUT2D eigenvalue weighted by Gasteiger charge is 2.05. The second-order valence-electron chi connectivity index (χ2n) is 4.45. The number of nitro groups is 1. The lowest BCUT2D eigenvalue weighted by Gasteiger charge is -2.06. The SMILES string of the molecule is O=[N+]([O-])c1cccc(CNc2ccc3cn[nH]c3c2)c1. The standard InChI is InChI=1S/C14H12N4O2/c19-18(20)13-3-1-2-10(6-13)8-15-12-5-4-11-9-16-17-14(11)7-12/h1-7,9,15H,8H2,(H,16,17). The van der Waals surface area contributed by atoms with Crippen LogP contribution in [-0.4, -0.2) is 15.1 Å². The van der Waals surface area contributed by atoms with Crippen LogP contribution in [0, 0.1) is 10.1 Å². The van der Waals surface area contributed by atoms with Crippen molar-refractivity contribution in [2.45, 2.75) is 6.54 Å². The summed E-state index contributed by atoms with van der Waals surface area (Å²) in [6, 6.07) is 12.5. The lowest BCUT2D eigenvalue weighted by atomic mass is 10.2. The Hall–Kier alpha value is -2.89. The Morgan fingerprint density at radius 2 is 2.15 bits per heavy atom. The zero-order valence-electron chi connectivity index (χ0n) is 10.5. The third-order valence-electron chi connectivity index (χ3n) is 3.06. The summed E-state index contributed by atoms with van der Waals surface area (Å²) >= 11 is 0. The van der Waals surface area contributed by atoms with E-state index in [0.717, 1.165) is 22.2 Å². The molecule has 0 spiro atoms. The predicted molar refractivity (Wildman–Crippen MR) is 76.5 cm³/mol. The van der Waals surface area contributed by atoms with E-state index in [4.69, 9.17) is 0 Å². The molecule has 3 rings (SSSR count). The highest BCUT2D eigenvalue weighted by atomic mass is 16.6. The van der Waals surface area contributed by atoms with Gasteiger partial charge in [0.1, 0.15) is 0 Å². The van der Waals surface area contributed by atoms with Crippen LogP contribution < -0.4 is 5.32 Å². The lowest BCUT2D eigenvalue weighted by molar-refractivity contribution is -0.384. The van der Waals surface area contributed by atoms with Crippen molar-refractivity contribution >= 4 is 22.3 Å². The summed E-state index contributed by atoms with van der Waals surface area (Å²) in [6.07, 6.45) is 1.76. The first-order valence-corrected chi connectivity index (χ1v) is 6.13. The van der Waals surface area contributed by atoms with Crippen molar-refractivity contribution in [3.05, 3.63) is 64.3 Å². The smallest absolute Gasteiger partial charge is 0.269 e. The van der Waals surface area contributed by atoms with Crippen LogP contribution in [0.5, 0.6) is 0 Å². The number of nitrogens with zero attached hydrogens (tertiary/aromatic N) is 2. The fourth-order valence-corrected chi connectivity index (χ4v) is 2.03. The molecule has 0 unspecified atom stereocenters. The number of nitro benzene ring substituents is 1. The number of benzene rings is 2. The number of aromatic amines is 1. The summed E-state index contributed by atoms with van der Waals surface area (Å²) in [7, 11) is 0. The van der Waals surface area contributed by atoms with Gasteiger partial charge in [0.2, 0.25) is 0 Å². The second kappa shape index (κ2) is 5.00. The van der Waals surface area contributed by atoms with Crippen LogP contribution in [0.3, 0.4) is 0 Å². The largest absolute Gasteiger partial charge is 0.381 e. The van der Waals surface area contributed by atoms with E-state index in [-0.39, 0.29) is 10.6 Å². The molecule has 0 saturated heterocycles. The van der Waals surface area contributed by atoms with Crippen molar-refractivity contribution in [3.63, 3.8) is 0 Å². The Bertz CT molecular complexity index is 766. The van der Waals surface area contributed by atoms with Crippen LogP contribution in [0.25, 0.3) is 10.9 Å².